The summed E-state index contributed by atoms with van der Waals surface area (Å²) in [6.07, 6.45) is 15.4. The van der Waals surface area contributed by atoms with E-state index in [-0.39, 0.29) is 5.66 Å². The maximum Gasteiger partial charge on any atom is 0.331 e. The van der Waals surface area contributed by atoms with Gasteiger partial charge in [-0.1, -0.05) is 84.5 Å². The summed E-state index contributed by atoms with van der Waals surface area (Å²) in [5, 5.41) is 0. The molecule has 2 unspecified atom stereocenters. The van der Waals surface area contributed by atoms with Crippen molar-refractivity contribution >= 4 is 7.60 Å². The zero-order valence-electron chi connectivity index (χ0n) is 18.0. The van der Waals surface area contributed by atoms with Crippen molar-refractivity contribution in [2.24, 2.45) is 0 Å². The second-order valence-electron chi connectivity index (χ2n) is 8.68. The van der Waals surface area contributed by atoms with Gasteiger partial charge in [0, 0.05) is 0 Å². The van der Waals surface area contributed by atoms with E-state index in [9.17, 15) is 9.46 Å². The van der Waals surface area contributed by atoms with Crippen molar-refractivity contribution in [3.63, 3.8) is 0 Å². The first-order chi connectivity index (χ1) is 12.2. The van der Waals surface area contributed by atoms with Crippen LogP contribution in [0.15, 0.2) is 0 Å². The van der Waals surface area contributed by atoms with Gasteiger partial charge < -0.3 is 13.9 Å². The molecule has 0 aromatic rings. The first-order valence-electron chi connectivity index (χ1n) is 10.8. The molecule has 0 saturated carbocycles. The molecular weight excluding hydrogens is 345 g/mol. The van der Waals surface area contributed by atoms with Crippen LogP contribution in [-0.4, -0.2) is 49.3 Å². The predicted molar refractivity (Wildman–Crippen MR) is 114 cm³/mol. The van der Waals surface area contributed by atoms with E-state index in [2.05, 4.69) is 35.0 Å². The largest absolute Gasteiger partial charge is 0.331 e. The molecule has 0 heterocycles. The lowest BCUT2D eigenvalue weighted by atomic mass is 10.0. The van der Waals surface area contributed by atoms with Gasteiger partial charge in [0.25, 0.3) is 0 Å². The number of quaternary nitrogens is 1. The average Bonchev–Trinajstić information content (AvgIpc) is 2.54. The molecule has 26 heavy (non-hydrogen) atoms. The quantitative estimate of drug-likeness (QED) is 0.172. The van der Waals surface area contributed by atoms with Crippen LogP contribution in [0.25, 0.3) is 0 Å². The molecule has 0 bridgehead atoms. The van der Waals surface area contributed by atoms with Crippen molar-refractivity contribution in [2.45, 2.75) is 96.1 Å². The van der Waals surface area contributed by atoms with Crippen molar-refractivity contribution in [1.29, 1.82) is 0 Å². The molecule has 0 fully saturated rings. The number of rotatable bonds is 18. The zero-order valence-corrected chi connectivity index (χ0v) is 18.9. The Labute approximate surface area is 163 Å². The van der Waals surface area contributed by atoms with E-state index in [1.54, 1.807) is 0 Å². The third-order valence-corrected chi connectivity index (χ3v) is 6.97. The predicted octanol–water partition coefficient (Wildman–Crippen LogP) is 6.19. The molecular formula is C21H46NO3P+. The fourth-order valence-corrected chi connectivity index (χ4v) is 4.45. The maximum atomic E-state index is 12.4. The molecule has 0 saturated heterocycles. The van der Waals surface area contributed by atoms with E-state index in [0.29, 0.717) is 13.0 Å². The van der Waals surface area contributed by atoms with Crippen molar-refractivity contribution < 1.29 is 18.5 Å². The lowest BCUT2D eigenvalue weighted by Gasteiger charge is -2.26. The van der Waals surface area contributed by atoms with E-state index in [0.717, 1.165) is 30.3 Å². The number of hydrogen-bond donors (Lipinski definition) is 1. The number of nitrogens with zero attached hydrogens (tertiary/aromatic N) is 1. The summed E-state index contributed by atoms with van der Waals surface area (Å²) in [5.41, 5.74) is -0.312. The number of unbranched alkanes of at least 4 members (excludes halogenated alkanes) is 10. The summed E-state index contributed by atoms with van der Waals surface area (Å²) in [6, 6.07) is 0. The fourth-order valence-electron chi connectivity index (χ4n) is 3.07. The Kier molecular flexibility index (Phi) is 15.1. The molecule has 5 heteroatoms. The van der Waals surface area contributed by atoms with Crippen LogP contribution in [0.4, 0.5) is 0 Å². The number of likely N-dealkylation sites (N-methyl/N-ethyl adjacent to an activating group) is 1. The van der Waals surface area contributed by atoms with Gasteiger partial charge in [0.05, 0.1) is 26.8 Å². The second-order valence-corrected chi connectivity index (χ2v) is 10.8. The smallest absolute Gasteiger partial charge is 0.329 e. The molecule has 0 aliphatic heterocycles. The molecule has 4 nitrogen and oxygen atoms in total. The fraction of sp³-hybridized carbons (Fsp3) is 0.952. The molecule has 1 radical (unpaired) electrons. The monoisotopic (exact) mass is 391 g/mol. The van der Waals surface area contributed by atoms with Gasteiger partial charge in [-0.15, -0.1) is 0 Å². The van der Waals surface area contributed by atoms with Gasteiger partial charge in [-0.2, -0.15) is 0 Å². The highest BCUT2D eigenvalue weighted by atomic mass is 31.2. The normalized spacial score (nSPS) is 15.8. The third-order valence-electron chi connectivity index (χ3n) is 4.97. The van der Waals surface area contributed by atoms with E-state index >= 15 is 0 Å². The van der Waals surface area contributed by atoms with Crippen LogP contribution < -0.4 is 0 Å². The van der Waals surface area contributed by atoms with E-state index in [1.807, 2.05) is 0 Å². The average molecular weight is 392 g/mol. The minimum absolute atomic E-state index is 0.312. The molecule has 0 amide bonds. The molecule has 0 spiro atoms. The van der Waals surface area contributed by atoms with Crippen LogP contribution in [0.3, 0.4) is 0 Å². The van der Waals surface area contributed by atoms with Crippen LogP contribution >= 0.6 is 7.60 Å². The van der Waals surface area contributed by atoms with Crippen LogP contribution in [0.1, 0.15) is 90.4 Å². The molecule has 157 valence electrons. The third kappa shape index (κ3) is 15.2. The summed E-state index contributed by atoms with van der Waals surface area (Å²) in [4.78, 5) is 10.2. The van der Waals surface area contributed by atoms with Crippen molar-refractivity contribution in [3.05, 3.63) is 6.92 Å². The molecule has 2 atom stereocenters. The van der Waals surface area contributed by atoms with Gasteiger partial charge in [0.2, 0.25) is 0 Å². The zero-order chi connectivity index (χ0) is 19.9. The minimum atomic E-state index is -3.54. The topological polar surface area (TPSA) is 46.5 Å². The Balaban J connectivity index is 3.75. The summed E-state index contributed by atoms with van der Waals surface area (Å²) in [7, 11) is 2.61. The lowest BCUT2D eigenvalue weighted by molar-refractivity contribution is -0.870. The summed E-state index contributed by atoms with van der Waals surface area (Å²) in [6.45, 7) is 7.17. The highest BCUT2D eigenvalue weighted by molar-refractivity contribution is 7.53. The Hall–Kier alpha value is 0.110. The van der Waals surface area contributed by atoms with Crippen molar-refractivity contribution in [3.8, 4) is 0 Å². The van der Waals surface area contributed by atoms with Gasteiger partial charge in [0.15, 0.2) is 0 Å². The Morgan fingerprint density at radius 2 is 1.38 bits per heavy atom. The minimum Gasteiger partial charge on any atom is -0.329 e. The Bertz CT molecular complexity index is 369. The molecule has 0 aliphatic carbocycles. The molecule has 0 aromatic heterocycles. The van der Waals surface area contributed by atoms with Gasteiger partial charge in [-0.25, -0.2) is 0 Å². The van der Waals surface area contributed by atoms with Gasteiger partial charge in [-0.05, 0) is 12.8 Å². The van der Waals surface area contributed by atoms with Crippen LogP contribution in [0.2, 0.25) is 0 Å². The van der Waals surface area contributed by atoms with Crippen LogP contribution in [0.5, 0.6) is 0 Å². The SMILES string of the molecule is [CH2]CC(CCCCCCCCCCCCC)P(=O)(O)OCC[N+](C)(C)C. The van der Waals surface area contributed by atoms with Gasteiger partial charge in [-0.3, -0.25) is 4.57 Å². The first kappa shape index (κ1) is 26.1. The standard InChI is InChI=1S/C21H45NO3P/c1-6-8-9-10-11-12-13-14-15-16-17-18-21(7-2)26(23,24)25-20-19-22(3,4)5/h21H,2,6-20H2,1,3-5H3/p+1. The Morgan fingerprint density at radius 3 is 1.81 bits per heavy atom. The molecule has 0 aromatic carbocycles. The molecule has 0 aliphatic rings. The second kappa shape index (κ2) is 15.1. The van der Waals surface area contributed by atoms with Crippen molar-refractivity contribution in [2.75, 3.05) is 34.3 Å². The Morgan fingerprint density at radius 1 is 0.923 bits per heavy atom. The highest BCUT2D eigenvalue weighted by Crippen LogP contribution is 2.50. The van der Waals surface area contributed by atoms with E-state index in [1.165, 1.54) is 57.8 Å². The van der Waals surface area contributed by atoms with Gasteiger partial charge >= 0.3 is 7.60 Å². The van der Waals surface area contributed by atoms with Gasteiger partial charge in [0.1, 0.15) is 13.2 Å². The molecule has 1 N–H and O–H groups in total. The van der Waals surface area contributed by atoms with Crippen LogP contribution in [-0.2, 0) is 9.09 Å². The molecule has 0 rings (SSSR count). The summed E-state index contributed by atoms with van der Waals surface area (Å²) >= 11 is 0. The lowest BCUT2D eigenvalue weighted by Crippen LogP contribution is -2.37. The van der Waals surface area contributed by atoms with E-state index < -0.39 is 7.60 Å². The van der Waals surface area contributed by atoms with Crippen LogP contribution in [0, 0.1) is 6.92 Å². The van der Waals surface area contributed by atoms with Crippen molar-refractivity contribution in [1.82, 2.24) is 0 Å². The summed E-state index contributed by atoms with van der Waals surface area (Å²) in [5.74, 6) is 0. The first-order valence-corrected chi connectivity index (χ1v) is 12.4. The number of hydrogen-bond acceptors (Lipinski definition) is 2. The van der Waals surface area contributed by atoms with E-state index in [4.69, 9.17) is 4.52 Å². The summed E-state index contributed by atoms with van der Waals surface area (Å²) < 4.78 is 18.5. The maximum absolute atomic E-state index is 12.4. The highest BCUT2D eigenvalue weighted by Gasteiger charge is 2.31.